The second-order valence-electron chi connectivity index (χ2n) is 4.24. The summed E-state index contributed by atoms with van der Waals surface area (Å²) >= 11 is 0. The lowest BCUT2D eigenvalue weighted by Crippen LogP contribution is -2.35. The van der Waals surface area contributed by atoms with E-state index in [4.69, 9.17) is 5.90 Å². The summed E-state index contributed by atoms with van der Waals surface area (Å²) in [5, 5.41) is 0. The average Bonchev–Trinajstić information content (AvgIpc) is 2.32. The number of benzene rings is 1. The van der Waals surface area contributed by atoms with E-state index in [2.05, 4.69) is 9.74 Å². The molecule has 0 aliphatic carbocycles. The van der Waals surface area contributed by atoms with Gasteiger partial charge in [-0.2, -0.15) is 0 Å². The molecule has 88 valence electrons. The van der Waals surface area contributed by atoms with Gasteiger partial charge in [-0.3, -0.25) is 0 Å². The van der Waals surface area contributed by atoms with Crippen molar-refractivity contribution in [1.29, 1.82) is 0 Å². The number of piperidine rings is 1. The number of halogens is 1. The van der Waals surface area contributed by atoms with Crippen LogP contribution in [0.1, 0.15) is 12.8 Å². The molecule has 1 aliphatic rings. The molecule has 4 heteroatoms. The molecular formula is C12H17FN2O. The summed E-state index contributed by atoms with van der Waals surface area (Å²) in [4.78, 5) is 6.94. The molecular weight excluding hydrogens is 207 g/mol. The van der Waals surface area contributed by atoms with Gasteiger partial charge in [-0.1, -0.05) is 0 Å². The van der Waals surface area contributed by atoms with E-state index in [9.17, 15) is 4.39 Å². The summed E-state index contributed by atoms with van der Waals surface area (Å²) in [6.45, 7) is 2.61. The Morgan fingerprint density at radius 1 is 1.25 bits per heavy atom. The van der Waals surface area contributed by atoms with Crippen LogP contribution in [0, 0.1) is 11.7 Å². The summed E-state index contributed by atoms with van der Waals surface area (Å²) in [5.41, 5.74) is 1.09. The molecule has 2 rings (SSSR count). The third kappa shape index (κ3) is 2.71. The van der Waals surface area contributed by atoms with E-state index in [0.717, 1.165) is 31.6 Å². The van der Waals surface area contributed by atoms with E-state index >= 15 is 0 Å². The van der Waals surface area contributed by atoms with Gasteiger partial charge < -0.3 is 9.74 Å². The van der Waals surface area contributed by atoms with Crippen LogP contribution in [0.4, 0.5) is 10.1 Å². The Hall–Kier alpha value is -1.13. The van der Waals surface area contributed by atoms with Crippen molar-refractivity contribution in [3.63, 3.8) is 0 Å². The molecule has 0 radical (unpaired) electrons. The van der Waals surface area contributed by atoms with Gasteiger partial charge in [-0.05, 0) is 43.0 Å². The van der Waals surface area contributed by atoms with Gasteiger partial charge >= 0.3 is 0 Å². The first-order chi connectivity index (χ1) is 7.79. The molecule has 0 spiro atoms. The monoisotopic (exact) mass is 224 g/mol. The fraction of sp³-hybridized carbons (Fsp3) is 0.500. The summed E-state index contributed by atoms with van der Waals surface area (Å²) in [6.07, 6.45) is 2.16. The lowest BCUT2D eigenvalue weighted by atomic mass is 9.97. The molecule has 16 heavy (non-hydrogen) atoms. The molecule has 1 heterocycles. The van der Waals surface area contributed by atoms with E-state index in [-0.39, 0.29) is 5.82 Å². The SMILES string of the molecule is NOCC1CCN(c2ccc(F)cc2)CC1. The normalized spacial score (nSPS) is 17.8. The first-order valence-corrected chi connectivity index (χ1v) is 5.62. The fourth-order valence-electron chi connectivity index (χ4n) is 2.15. The number of hydrogen-bond donors (Lipinski definition) is 1. The molecule has 1 fully saturated rings. The van der Waals surface area contributed by atoms with E-state index in [1.807, 2.05) is 12.1 Å². The van der Waals surface area contributed by atoms with Gasteiger partial charge in [-0.25, -0.2) is 10.3 Å². The van der Waals surface area contributed by atoms with Gasteiger partial charge in [0.25, 0.3) is 0 Å². The Morgan fingerprint density at radius 2 is 1.88 bits per heavy atom. The standard InChI is InChI=1S/C12H17FN2O/c13-11-1-3-12(4-2-11)15-7-5-10(6-8-15)9-16-14/h1-4,10H,5-9,14H2. The minimum Gasteiger partial charge on any atom is -0.372 e. The van der Waals surface area contributed by atoms with E-state index in [1.165, 1.54) is 12.1 Å². The van der Waals surface area contributed by atoms with Crippen molar-refractivity contribution in [2.75, 3.05) is 24.6 Å². The number of rotatable bonds is 3. The first kappa shape index (κ1) is 11.4. The topological polar surface area (TPSA) is 38.5 Å². The van der Waals surface area contributed by atoms with Crippen molar-refractivity contribution in [2.45, 2.75) is 12.8 Å². The van der Waals surface area contributed by atoms with Crippen molar-refractivity contribution >= 4 is 5.69 Å². The maximum Gasteiger partial charge on any atom is 0.123 e. The fourth-order valence-corrected chi connectivity index (χ4v) is 2.15. The number of nitrogens with two attached hydrogens (primary N) is 1. The summed E-state index contributed by atoms with van der Waals surface area (Å²) in [6, 6.07) is 6.67. The molecule has 0 bridgehead atoms. The molecule has 0 unspecified atom stereocenters. The molecule has 0 saturated carbocycles. The number of anilines is 1. The van der Waals surface area contributed by atoms with Crippen LogP contribution in [0.25, 0.3) is 0 Å². The highest BCUT2D eigenvalue weighted by Crippen LogP contribution is 2.23. The van der Waals surface area contributed by atoms with Crippen LogP contribution in [0.15, 0.2) is 24.3 Å². The molecule has 0 aromatic heterocycles. The Labute approximate surface area is 94.9 Å². The molecule has 2 N–H and O–H groups in total. The lowest BCUT2D eigenvalue weighted by molar-refractivity contribution is 0.0918. The highest BCUT2D eigenvalue weighted by atomic mass is 19.1. The first-order valence-electron chi connectivity index (χ1n) is 5.62. The summed E-state index contributed by atoms with van der Waals surface area (Å²) in [5.74, 6) is 5.44. The number of hydrogen-bond acceptors (Lipinski definition) is 3. The van der Waals surface area contributed by atoms with Crippen LogP contribution in [0.3, 0.4) is 0 Å². The quantitative estimate of drug-likeness (QED) is 0.797. The highest BCUT2D eigenvalue weighted by molar-refractivity contribution is 5.46. The van der Waals surface area contributed by atoms with E-state index < -0.39 is 0 Å². The van der Waals surface area contributed by atoms with Crippen LogP contribution < -0.4 is 10.8 Å². The van der Waals surface area contributed by atoms with E-state index in [1.54, 1.807) is 0 Å². The maximum absolute atomic E-state index is 12.8. The predicted octanol–water partition coefficient (Wildman–Crippen LogP) is 1.93. The molecule has 1 aromatic carbocycles. The second kappa shape index (κ2) is 5.27. The van der Waals surface area contributed by atoms with Crippen LogP contribution >= 0.6 is 0 Å². The van der Waals surface area contributed by atoms with Crippen molar-refractivity contribution in [3.8, 4) is 0 Å². The average molecular weight is 224 g/mol. The zero-order valence-electron chi connectivity index (χ0n) is 9.23. The lowest BCUT2D eigenvalue weighted by Gasteiger charge is -2.33. The Balaban J connectivity index is 1.91. The minimum atomic E-state index is -0.185. The van der Waals surface area contributed by atoms with Gasteiger partial charge in [0.2, 0.25) is 0 Å². The summed E-state index contributed by atoms with van der Waals surface area (Å²) < 4.78 is 12.8. The highest BCUT2D eigenvalue weighted by Gasteiger charge is 2.19. The Morgan fingerprint density at radius 3 is 2.44 bits per heavy atom. The van der Waals surface area contributed by atoms with Gasteiger partial charge in [0.1, 0.15) is 5.82 Å². The predicted molar refractivity (Wildman–Crippen MR) is 61.5 cm³/mol. The zero-order chi connectivity index (χ0) is 11.4. The zero-order valence-corrected chi connectivity index (χ0v) is 9.23. The van der Waals surface area contributed by atoms with Crippen LogP contribution in [0.5, 0.6) is 0 Å². The van der Waals surface area contributed by atoms with Crippen molar-refractivity contribution in [3.05, 3.63) is 30.1 Å². The second-order valence-corrected chi connectivity index (χ2v) is 4.24. The molecule has 1 aromatic rings. The summed E-state index contributed by atoms with van der Waals surface area (Å²) in [7, 11) is 0. The van der Waals surface area contributed by atoms with Gasteiger partial charge in [0.05, 0.1) is 6.61 Å². The van der Waals surface area contributed by atoms with Gasteiger partial charge in [0, 0.05) is 18.8 Å². The third-order valence-electron chi connectivity index (χ3n) is 3.14. The largest absolute Gasteiger partial charge is 0.372 e. The van der Waals surface area contributed by atoms with Crippen LogP contribution in [-0.2, 0) is 4.84 Å². The van der Waals surface area contributed by atoms with Crippen molar-refractivity contribution in [2.24, 2.45) is 11.8 Å². The Bertz CT molecular complexity index is 320. The smallest absolute Gasteiger partial charge is 0.123 e. The molecule has 1 saturated heterocycles. The van der Waals surface area contributed by atoms with Gasteiger partial charge in [0.15, 0.2) is 0 Å². The van der Waals surface area contributed by atoms with Crippen molar-refractivity contribution < 1.29 is 9.23 Å². The van der Waals surface area contributed by atoms with E-state index in [0.29, 0.717) is 12.5 Å². The minimum absolute atomic E-state index is 0.185. The van der Waals surface area contributed by atoms with Crippen molar-refractivity contribution in [1.82, 2.24) is 0 Å². The van der Waals surface area contributed by atoms with Crippen LogP contribution in [-0.4, -0.2) is 19.7 Å². The maximum atomic E-state index is 12.8. The number of nitrogens with zero attached hydrogens (tertiary/aromatic N) is 1. The van der Waals surface area contributed by atoms with Crippen LogP contribution in [0.2, 0.25) is 0 Å². The molecule has 1 aliphatic heterocycles. The Kier molecular flexibility index (Phi) is 3.74. The van der Waals surface area contributed by atoms with Gasteiger partial charge in [-0.15, -0.1) is 0 Å². The molecule has 0 amide bonds. The molecule has 3 nitrogen and oxygen atoms in total. The third-order valence-corrected chi connectivity index (χ3v) is 3.14. The molecule has 0 atom stereocenters.